The number of hydrogen-bond donors (Lipinski definition) is 0. The van der Waals surface area contributed by atoms with E-state index in [-0.39, 0.29) is 11.5 Å². The fourth-order valence-electron chi connectivity index (χ4n) is 1.14. The van der Waals surface area contributed by atoms with E-state index in [1.807, 2.05) is 0 Å². The SMILES string of the molecule is Cc1cnc(-c2ccc(F)cc2F)o1. The van der Waals surface area contributed by atoms with Gasteiger partial charge in [0.1, 0.15) is 17.4 Å². The predicted octanol–water partition coefficient (Wildman–Crippen LogP) is 2.93. The molecule has 0 bridgehead atoms. The second-order valence-corrected chi connectivity index (χ2v) is 2.90. The second-order valence-electron chi connectivity index (χ2n) is 2.90. The first-order chi connectivity index (χ1) is 6.66. The Morgan fingerprint density at radius 1 is 1.29 bits per heavy atom. The molecule has 2 nitrogen and oxygen atoms in total. The van der Waals surface area contributed by atoms with Crippen molar-refractivity contribution in [3.63, 3.8) is 0 Å². The third kappa shape index (κ3) is 1.51. The van der Waals surface area contributed by atoms with Crippen molar-refractivity contribution in [3.05, 3.63) is 41.8 Å². The minimum Gasteiger partial charge on any atom is -0.441 e. The third-order valence-corrected chi connectivity index (χ3v) is 1.78. The molecule has 72 valence electrons. The smallest absolute Gasteiger partial charge is 0.229 e. The lowest BCUT2D eigenvalue weighted by molar-refractivity contribution is 0.531. The molecular weight excluding hydrogens is 188 g/mol. The van der Waals surface area contributed by atoms with Gasteiger partial charge in [0, 0.05) is 6.07 Å². The summed E-state index contributed by atoms with van der Waals surface area (Å²) in [6.45, 7) is 1.71. The molecule has 0 unspecified atom stereocenters. The van der Waals surface area contributed by atoms with E-state index >= 15 is 0 Å². The zero-order valence-corrected chi connectivity index (χ0v) is 7.42. The van der Waals surface area contributed by atoms with E-state index in [0.29, 0.717) is 5.76 Å². The minimum absolute atomic E-state index is 0.166. The number of rotatable bonds is 1. The lowest BCUT2D eigenvalue weighted by Crippen LogP contribution is -1.85. The van der Waals surface area contributed by atoms with Crippen molar-refractivity contribution in [2.45, 2.75) is 6.92 Å². The molecule has 0 saturated heterocycles. The molecule has 0 aliphatic carbocycles. The van der Waals surface area contributed by atoms with E-state index in [0.717, 1.165) is 12.1 Å². The average Bonchev–Trinajstić information content (AvgIpc) is 2.51. The van der Waals surface area contributed by atoms with Crippen molar-refractivity contribution in [3.8, 4) is 11.5 Å². The molecule has 4 heteroatoms. The molecule has 1 aromatic heterocycles. The van der Waals surface area contributed by atoms with Gasteiger partial charge >= 0.3 is 0 Å². The Balaban J connectivity index is 2.52. The number of aryl methyl sites for hydroxylation is 1. The predicted molar refractivity (Wildman–Crippen MR) is 46.6 cm³/mol. The van der Waals surface area contributed by atoms with Crippen LogP contribution in [0.4, 0.5) is 8.78 Å². The van der Waals surface area contributed by atoms with Gasteiger partial charge in [0.15, 0.2) is 0 Å². The Hall–Kier alpha value is -1.71. The molecule has 0 atom stereocenters. The van der Waals surface area contributed by atoms with Crippen molar-refractivity contribution in [2.24, 2.45) is 0 Å². The molecule has 0 aliphatic heterocycles. The monoisotopic (exact) mass is 195 g/mol. The molecule has 0 amide bonds. The van der Waals surface area contributed by atoms with Crippen LogP contribution in [0.2, 0.25) is 0 Å². The van der Waals surface area contributed by atoms with E-state index in [2.05, 4.69) is 4.98 Å². The summed E-state index contributed by atoms with van der Waals surface area (Å²) in [5.74, 6) is -0.537. The quantitative estimate of drug-likeness (QED) is 0.699. The normalized spacial score (nSPS) is 10.5. The van der Waals surface area contributed by atoms with Gasteiger partial charge in [-0.2, -0.15) is 0 Å². The third-order valence-electron chi connectivity index (χ3n) is 1.78. The Morgan fingerprint density at radius 2 is 2.07 bits per heavy atom. The second kappa shape index (κ2) is 3.21. The molecule has 14 heavy (non-hydrogen) atoms. The van der Waals surface area contributed by atoms with Gasteiger partial charge in [-0.1, -0.05) is 0 Å². The van der Waals surface area contributed by atoms with Crippen LogP contribution < -0.4 is 0 Å². The number of hydrogen-bond acceptors (Lipinski definition) is 2. The lowest BCUT2D eigenvalue weighted by Gasteiger charge is -1.97. The number of benzene rings is 1. The Bertz CT molecular complexity index is 465. The van der Waals surface area contributed by atoms with E-state index in [9.17, 15) is 8.78 Å². The van der Waals surface area contributed by atoms with Crippen LogP contribution in [0.5, 0.6) is 0 Å². The number of aromatic nitrogens is 1. The fraction of sp³-hybridized carbons (Fsp3) is 0.100. The molecule has 0 N–H and O–H groups in total. The van der Waals surface area contributed by atoms with Gasteiger partial charge in [-0.25, -0.2) is 13.8 Å². The number of halogens is 2. The van der Waals surface area contributed by atoms with Crippen molar-refractivity contribution < 1.29 is 13.2 Å². The van der Waals surface area contributed by atoms with Crippen LogP contribution in [0.25, 0.3) is 11.5 Å². The first kappa shape index (κ1) is 8.87. The molecule has 1 aromatic carbocycles. The summed E-state index contributed by atoms with van der Waals surface area (Å²) in [5.41, 5.74) is 0.166. The summed E-state index contributed by atoms with van der Waals surface area (Å²) in [4.78, 5) is 3.85. The molecule has 1 heterocycles. The summed E-state index contributed by atoms with van der Waals surface area (Å²) in [6.07, 6.45) is 1.48. The van der Waals surface area contributed by atoms with Gasteiger partial charge in [0.25, 0.3) is 0 Å². The highest BCUT2D eigenvalue weighted by Gasteiger charge is 2.10. The molecule has 2 rings (SSSR count). The molecule has 0 saturated carbocycles. The first-order valence-corrected chi connectivity index (χ1v) is 4.04. The fourth-order valence-corrected chi connectivity index (χ4v) is 1.14. The molecule has 0 aliphatic rings. The summed E-state index contributed by atoms with van der Waals surface area (Å²) in [7, 11) is 0. The van der Waals surface area contributed by atoms with Crippen LogP contribution in [0.1, 0.15) is 5.76 Å². The highest BCUT2D eigenvalue weighted by molar-refractivity contribution is 5.53. The Labute approximate surface area is 79.2 Å². The maximum Gasteiger partial charge on any atom is 0.229 e. The molecule has 0 fully saturated rings. The van der Waals surface area contributed by atoms with Gasteiger partial charge in [-0.05, 0) is 19.1 Å². The largest absolute Gasteiger partial charge is 0.441 e. The van der Waals surface area contributed by atoms with Gasteiger partial charge in [0.2, 0.25) is 5.89 Å². The summed E-state index contributed by atoms with van der Waals surface area (Å²) in [6, 6.07) is 3.27. The molecule has 0 spiro atoms. The summed E-state index contributed by atoms with van der Waals surface area (Å²) in [5, 5.41) is 0. The van der Waals surface area contributed by atoms with Crippen molar-refractivity contribution >= 4 is 0 Å². The van der Waals surface area contributed by atoms with Crippen molar-refractivity contribution in [1.82, 2.24) is 4.98 Å². The Morgan fingerprint density at radius 3 is 2.64 bits per heavy atom. The van der Waals surface area contributed by atoms with Gasteiger partial charge in [-0.3, -0.25) is 0 Å². The number of oxazole rings is 1. The first-order valence-electron chi connectivity index (χ1n) is 4.04. The van der Waals surface area contributed by atoms with E-state index < -0.39 is 11.6 Å². The van der Waals surface area contributed by atoms with Crippen LogP contribution in [-0.4, -0.2) is 4.98 Å². The maximum atomic E-state index is 13.2. The highest BCUT2D eigenvalue weighted by Crippen LogP contribution is 2.22. The van der Waals surface area contributed by atoms with Crippen molar-refractivity contribution in [2.75, 3.05) is 0 Å². The molecule has 2 aromatic rings. The van der Waals surface area contributed by atoms with Crippen LogP contribution in [0.3, 0.4) is 0 Å². The summed E-state index contributed by atoms with van der Waals surface area (Å²) < 4.78 is 30.9. The minimum atomic E-state index is -0.674. The van der Waals surface area contributed by atoms with Crippen LogP contribution in [0, 0.1) is 18.6 Å². The van der Waals surface area contributed by atoms with Gasteiger partial charge in [0.05, 0.1) is 11.8 Å². The van der Waals surface area contributed by atoms with Crippen LogP contribution in [0.15, 0.2) is 28.8 Å². The highest BCUT2D eigenvalue weighted by atomic mass is 19.1. The number of nitrogens with zero attached hydrogens (tertiary/aromatic N) is 1. The Kier molecular flexibility index (Phi) is 2.04. The maximum absolute atomic E-state index is 13.2. The molecule has 0 radical (unpaired) electrons. The standard InChI is InChI=1S/C10H7F2NO/c1-6-5-13-10(14-6)8-3-2-7(11)4-9(8)12/h2-5H,1H3. The van der Waals surface area contributed by atoms with Crippen molar-refractivity contribution in [1.29, 1.82) is 0 Å². The van der Waals surface area contributed by atoms with E-state index in [1.54, 1.807) is 6.92 Å². The van der Waals surface area contributed by atoms with E-state index in [1.165, 1.54) is 12.3 Å². The topological polar surface area (TPSA) is 26.0 Å². The lowest BCUT2D eigenvalue weighted by atomic mass is 10.2. The van der Waals surface area contributed by atoms with Gasteiger partial charge < -0.3 is 4.42 Å². The van der Waals surface area contributed by atoms with Crippen LogP contribution >= 0.6 is 0 Å². The average molecular weight is 195 g/mol. The summed E-state index contributed by atoms with van der Waals surface area (Å²) >= 11 is 0. The van der Waals surface area contributed by atoms with E-state index in [4.69, 9.17) is 4.42 Å². The zero-order valence-electron chi connectivity index (χ0n) is 7.42. The van der Waals surface area contributed by atoms with Crippen LogP contribution in [-0.2, 0) is 0 Å². The zero-order chi connectivity index (χ0) is 10.1. The van der Waals surface area contributed by atoms with Gasteiger partial charge in [-0.15, -0.1) is 0 Å². The molecular formula is C10H7F2NO.